The summed E-state index contributed by atoms with van der Waals surface area (Å²) in [6, 6.07) is 4.55. The summed E-state index contributed by atoms with van der Waals surface area (Å²) in [4.78, 5) is 0.0272. The first kappa shape index (κ1) is 10.8. The van der Waals surface area contributed by atoms with Crippen molar-refractivity contribution in [2.75, 3.05) is 17.6 Å². The Morgan fingerprint density at radius 2 is 2.07 bits per heavy atom. The van der Waals surface area contributed by atoms with Crippen LogP contribution in [0.4, 0.5) is 11.4 Å². The van der Waals surface area contributed by atoms with Gasteiger partial charge in [-0.3, -0.25) is 0 Å². The summed E-state index contributed by atoms with van der Waals surface area (Å²) in [5, 5.41) is 7.93. The van der Waals surface area contributed by atoms with Crippen molar-refractivity contribution in [3.05, 3.63) is 18.2 Å². The first-order valence-corrected chi connectivity index (χ1v) is 5.66. The molecule has 0 aliphatic heterocycles. The quantitative estimate of drug-likeness (QED) is 0.633. The van der Waals surface area contributed by atoms with Crippen LogP contribution in [0.1, 0.15) is 6.92 Å². The van der Waals surface area contributed by atoms with E-state index in [9.17, 15) is 8.42 Å². The molecule has 78 valence electrons. The maximum atomic E-state index is 11.2. The molecule has 0 unspecified atom stereocenters. The molecule has 0 aliphatic carbocycles. The molecular weight excluding hydrogens is 202 g/mol. The number of hydrogen-bond donors (Lipinski definition) is 3. The predicted molar refractivity (Wildman–Crippen MR) is 56.4 cm³/mol. The van der Waals surface area contributed by atoms with E-state index in [2.05, 4.69) is 5.32 Å². The molecule has 0 atom stereocenters. The molecule has 0 aliphatic rings. The molecule has 6 heteroatoms. The molecule has 1 rings (SSSR count). The average molecular weight is 215 g/mol. The van der Waals surface area contributed by atoms with E-state index < -0.39 is 10.0 Å². The minimum absolute atomic E-state index is 0.0272. The fourth-order valence-corrected chi connectivity index (χ4v) is 1.86. The van der Waals surface area contributed by atoms with Crippen molar-refractivity contribution in [3.63, 3.8) is 0 Å². The van der Waals surface area contributed by atoms with Crippen molar-refractivity contribution in [1.82, 2.24) is 0 Å². The Balaban J connectivity index is 3.30. The summed E-state index contributed by atoms with van der Waals surface area (Å²) >= 11 is 0. The van der Waals surface area contributed by atoms with Crippen LogP contribution in [0.5, 0.6) is 0 Å². The molecule has 0 aromatic heterocycles. The van der Waals surface area contributed by atoms with E-state index in [1.54, 1.807) is 12.1 Å². The van der Waals surface area contributed by atoms with Gasteiger partial charge in [-0.25, -0.2) is 13.6 Å². The predicted octanol–water partition coefficient (Wildman–Crippen LogP) is 0.348. The van der Waals surface area contributed by atoms with Crippen molar-refractivity contribution in [2.45, 2.75) is 11.8 Å². The smallest absolute Gasteiger partial charge is 0.240 e. The van der Waals surface area contributed by atoms with Crippen LogP contribution in [0.3, 0.4) is 0 Å². The molecule has 14 heavy (non-hydrogen) atoms. The number of primary sulfonamides is 1. The number of nitrogen functional groups attached to an aromatic ring is 1. The number of hydrogen-bond acceptors (Lipinski definition) is 4. The van der Waals surface area contributed by atoms with E-state index in [4.69, 9.17) is 10.9 Å². The van der Waals surface area contributed by atoms with E-state index in [-0.39, 0.29) is 4.90 Å². The number of benzene rings is 1. The SMILES string of the molecule is CCNc1ccc(N)cc1S(N)(=O)=O. The van der Waals surface area contributed by atoms with Gasteiger partial charge in [0.15, 0.2) is 0 Å². The lowest BCUT2D eigenvalue weighted by molar-refractivity contribution is 0.598. The van der Waals surface area contributed by atoms with Crippen LogP contribution in [0.15, 0.2) is 23.1 Å². The molecule has 0 saturated heterocycles. The summed E-state index contributed by atoms with van der Waals surface area (Å²) in [6.07, 6.45) is 0. The Morgan fingerprint density at radius 1 is 1.43 bits per heavy atom. The lowest BCUT2D eigenvalue weighted by Gasteiger charge is -2.09. The largest absolute Gasteiger partial charge is 0.399 e. The third-order valence-corrected chi connectivity index (χ3v) is 2.63. The fourth-order valence-electron chi connectivity index (χ4n) is 1.11. The van der Waals surface area contributed by atoms with Crippen molar-refractivity contribution in [1.29, 1.82) is 0 Å². The Bertz CT molecular complexity index is 428. The minimum atomic E-state index is -3.72. The van der Waals surface area contributed by atoms with Crippen LogP contribution in [-0.4, -0.2) is 15.0 Å². The summed E-state index contributed by atoms with van der Waals surface area (Å²) in [7, 11) is -3.72. The first-order valence-electron chi connectivity index (χ1n) is 4.11. The third-order valence-electron chi connectivity index (χ3n) is 1.68. The van der Waals surface area contributed by atoms with Gasteiger partial charge in [0.25, 0.3) is 0 Å². The zero-order valence-electron chi connectivity index (χ0n) is 7.82. The fraction of sp³-hybridized carbons (Fsp3) is 0.250. The minimum Gasteiger partial charge on any atom is -0.399 e. The Hall–Kier alpha value is -1.27. The van der Waals surface area contributed by atoms with E-state index in [1.165, 1.54) is 6.07 Å². The number of anilines is 2. The van der Waals surface area contributed by atoms with Crippen molar-refractivity contribution in [3.8, 4) is 0 Å². The zero-order valence-corrected chi connectivity index (χ0v) is 8.64. The first-order chi connectivity index (χ1) is 6.45. The van der Waals surface area contributed by atoms with Crippen LogP contribution in [0, 0.1) is 0 Å². The van der Waals surface area contributed by atoms with Gasteiger partial charge >= 0.3 is 0 Å². The second-order valence-electron chi connectivity index (χ2n) is 2.83. The second kappa shape index (κ2) is 3.85. The molecule has 5 N–H and O–H groups in total. The van der Waals surface area contributed by atoms with Gasteiger partial charge in [-0.1, -0.05) is 0 Å². The standard InChI is InChI=1S/C8H13N3O2S/c1-2-11-7-4-3-6(9)5-8(7)14(10,12)13/h3-5,11H,2,9H2,1H3,(H2,10,12,13). The molecule has 1 aromatic rings. The van der Waals surface area contributed by atoms with E-state index in [0.29, 0.717) is 17.9 Å². The van der Waals surface area contributed by atoms with Gasteiger partial charge in [-0.2, -0.15) is 0 Å². The molecule has 0 fully saturated rings. The Morgan fingerprint density at radius 3 is 2.57 bits per heavy atom. The summed E-state index contributed by atoms with van der Waals surface area (Å²) < 4.78 is 22.3. The molecular formula is C8H13N3O2S. The summed E-state index contributed by atoms with van der Waals surface area (Å²) in [5.41, 5.74) is 6.32. The maximum absolute atomic E-state index is 11.2. The van der Waals surface area contributed by atoms with Crippen LogP contribution >= 0.6 is 0 Å². The highest BCUT2D eigenvalue weighted by Crippen LogP contribution is 2.22. The van der Waals surface area contributed by atoms with E-state index in [0.717, 1.165) is 0 Å². The molecule has 5 nitrogen and oxygen atoms in total. The van der Waals surface area contributed by atoms with Gasteiger partial charge in [0.05, 0.1) is 5.69 Å². The number of rotatable bonds is 3. The highest BCUT2D eigenvalue weighted by atomic mass is 32.2. The third kappa shape index (κ3) is 2.36. The van der Waals surface area contributed by atoms with E-state index in [1.807, 2.05) is 6.92 Å². The molecule has 0 heterocycles. The number of sulfonamides is 1. The van der Waals surface area contributed by atoms with Crippen molar-refractivity contribution in [2.24, 2.45) is 5.14 Å². The molecule has 0 spiro atoms. The van der Waals surface area contributed by atoms with Gasteiger partial charge in [0.1, 0.15) is 4.90 Å². The van der Waals surface area contributed by atoms with Gasteiger partial charge in [-0.05, 0) is 25.1 Å². The van der Waals surface area contributed by atoms with Gasteiger partial charge in [-0.15, -0.1) is 0 Å². The second-order valence-corrected chi connectivity index (χ2v) is 4.36. The van der Waals surface area contributed by atoms with Crippen LogP contribution in [0.2, 0.25) is 0 Å². The van der Waals surface area contributed by atoms with Crippen molar-refractivity contribution >= 4 is 21.4 Å². The van der Waals surface area contributed by atoms with Gasteiger partial charge in [0, 0.05) is 12.2 Å². The lowest BCUT2D eigenvalue weighted by atomic mass is 10.3. The summed E-state index contributed by atoms with van der Waals surface area (Å²) in [5.74, 6) is 0. The number of nitrogens with one attached hydrogen (secondary N) is 1. The topological polar surface area (TPSA) is 98.2 Å². The maximum Gasteiger partial charge on any atom is 0.240 e. The number of nitrogens with two attached hydrogens (primary N) is 2. The average Bonchev–Trinajstić information content (AvgIpc) is 2.07. The van der Waals surface area contributed by atoms with Gasteiger partial charge < -0.3 is 11.1 Å². The Kier molecular flexibility index (Phi) is 2.97. The Labute approximate surface area is 83.2 Å². The van der Waals surface area contributed by atoms with Crippen LogP contribution < -0.4 is 16.2 Å². The lowest BCUT2D eigenvalue weighted by Crippen LogP contribution is -2.15. The molecule has 0 saturated carbocycles. The highest BCUT2D eigenvalue weighted by Gasteiger charge is 2.13. The summed E-state index contributed by atoms with van der Waals surface area (Å²) in [6.45, 7) is 2.48. The van der Waals surface area contributed by atoms with Crippen LogP contribution in [-0.2, 0) is 10.0 Å². The van der Waals surface area contributed by atoms with E-state index >= 15 is 0 Å². The van der Waals surface area contributed by atoms with Crippen molar-refractivity contribution < 1.29 is 8.42 Å². The monoisotopic (exact) mass is 215 g/mol. The molecule has 0 radical (unpaired) electrons. The van der Waals surface area contributed by atoms with Gasteiger partial charge in [0.2, 0.25) is 10.0 Å². The normalized spacial score (nSPS) is 11.3. The molecule has 0 amide bonds. The molecule has 1 aromatic carbocycles. The molecule has 0 bridgehead atoms. The highest BCUT2D eigenvalue weighted by molar-refractivity contribution is 7.89. The zero-order chi connectivity index (χ0) is 10.8. The van der Waals surface area contributed by atoms with Crippen LogP contribution in [0.25, 0.3) is 0 Å².